The molecular weight excluding hydrogens is 202 g/mol. The molecule has 5 heteroatoms. The first kappa shape index (κ1) is 11.7. The summed E-state index contributed by atoms with van der Waals surface area (Å²) in [4.78, 5) is 13.4. The quantitative estimate of drug-likeness (QED) is 0.660. The monoisotopic (exact) mass is 219 g/mol. The topological polar surface area (TPSA) is 54.5 Å². The van der Waals surface area contributed by atoms with Gasteiger partial charge in [0, 0.05) is 0 Å². The van der Waals surface area contributed by atoms with Gasteiger partial charge < -0.3 is 0 Å². The first-order valence-corrected chi connectivity index (χ1v) is 6.51. The first-order chi connectivity index (χ1) is 6.30. The maximum absolute atomic E-state index is 11.5. The van der Waals surface area contributed by atoms with Crippen LogP contribution in [0.3, 0.4) is 0 Å². The summed E-state index contributed by atoms with van der Waals surface area (Å²) in [7, 11) is 0.766. The highest BCUT2D eigenvalue weighted by atomic mass is 32.2. The highest BCUT2D eigenvalue weighted by Gasteiger charge is 2.42. The largest absolute Gasteiger partial charge is 0.298 e. The van der Waals surface area contributed by atoms with E-state index >= 15 is 0 Å². The van der Waals surface area contributed by atoms with Gasteiger partial charge in [-0.3, -0.25) is 9.69 Å². The minimum Gasteiger partial charge on any atom is -0.298 e. The molecule has 0 aliphatic carbocycles. The molecule has 0 aromatic carbocycles. The van der Waals surface area contributed by atoms with E-state index in [-0.39, 0.29) is 17.3 Å². The van der Waals surface area contributed by atoms with Crippen LogP contribution in [0.25, 0.3) is 0 Å². The zero-order chi connectivity index (χ0) is 11.0. The summed E-state index contributed by atoms with van der Waals surface area (Å²) in [5.74, 6) is 0.326. The standard InChI is InChI=1S/C9H17NO3S/c1-8(11)9(10(2)3)4-6-14(12,13)7-5-9/h4-7H2,1-3H3. The van der Waals surface area contributed by atoms with Crippen LogP contribution in [0.15, 0.2) is 0 Å². The molecule has 0 radical (unpaired) electrons. The fourth-order valence-electron chi connectivity index (χ4n) is 1.99. The Hall–Kier alpha value is -0.420. The Bertz CT molecular complexity index is 318. The van der Waals surface area contributed by atoms with Crippen LogP contribution in [0.2, 0.25) is 0 Å². The van der Waals surface area contributed by atoms with Crippen molar-refractivity contribution in [3.8, 4) is 0 Å². The first-order valence-electron chi connectivity index (χ1n) is 4.69. The van der Waals surface area contributed by atoms with Crippen LogP contribution in [0.1, 0.15) is 19.8 Å². The third-order valence-electron chi connectivity index (χ3n) is 3.16. The van der Waals surface area contributed by atoms with E-state index < -0.39 is 15.4 Å². The van der Waals surface area contributed by atoms with Crippen molar-refractivity contribution in [2.45, 2.75) is 25.3 Å². The molecule has 1 aliphatic heterocycles. The van der Waals surface area contributed by atoms with Gasteiger partial charge in [-0.1, -0.05) is 0 Å². The number of likely N-dealkylation sites (N-methyl/N-ethyl adjacent to an activating group) is 1. The summed E-state index contributed by atoms with van der Waals surface area (Å²) in [5.41, 5.74) is -0.550. The number of nitrogens with zero attached hydrogens (tertiary/aromatic N) is 1. The molecule has 0 N–H and O–H groups in total. The van der Waals surface area contributed by atoms with E-state index in [9.17, 15) is 13.2 Å². The van der Waals surface area contributed by atoms with Crippen LogP contribution >= 0.6 is 0 Å². The van der Waals surface area contributed by atoms with Crippen LogP contribution < -0.4 is 0 Å². The third kappa shape index (κ3) is 1.98. The Balaban J connectivity index is 2.91. The number of hydrogen-bond acceptors (Lipinski definition) is 4. The predicted octanol–water partition coefficient (Wildman–Crippen LogP) is 0.0844. The van der Waals surface area contributed by atoms with Crippen molar-refractivity contribution in [3.05, 3.63) is 0 Å². The lowest BCUT2D eigenvalue weighted by molar-refractivity contribution is -0.128. The molecule has 0 atom stereocenters. The summed E-state index contributed by atoms with van der Waals surface area (Å²) < 4.78 is 22.5. The smallest absolute Gasteiger partial charge is 0.150 e. The van der Waals surface area contributed by atoms with Crippen LogP contribution in [0.4, 0.5) is 0 Å². The second kappa shape index (κ2) is 3.62. The van der Waals surface area contributed by atoms with Gasteiger partial charge >= 0.3 is 0 Å². The molecule has 0 spiro atoms. The fraction of sp³-hybridized carbons (Fsp3) is 0.889. The molecule has 1 saturated heterocycles. The second-order valence-corrected chi connectivity index (χ2v) is 6.44. The van der Waals surface area contributed by atoms with Crippen molar-refractivity contribution >= 4 is 15.6 Å². The average molecular weight is 219 g/mol. The molecule has 0 unspecified atom stereocenters. The second-order valence-electron chi connectivity index (χ2n) is 4.13. The van der Waals surface area contributed by atoms with Gasteiger partial charge in [-0.05, 0) is 33.9 Å². The van der Waals surface area contributed by atoms with E-state index in [1.54, 1.807) is 0 Å². The summed E-state index contributed by atoms with van der Waals surface area (Å²) in [6.45, 7) is 1.54. The Labute approximate surface area is 85.2 Å². The van der Waals surface area contributed by atoms with Gasteiger partial charge in [-0.2, -0.15) is 0 Å². The Kier molecular flexibility index (Phi) is 3.02. The number of ketones is 1. The number of hydrogen-bond donors (Lipinski definition) is 0. The normalized spacial score (nSPS) is 24.9. The average Bonchev–Trinajstić information content (AvgIpc) is 2.03. The number of carbonyl (C=O) groups excluding carboxylic acids is 1. The molecule has 82 valence electrons. The molecule has 1 heterocycles. The Morgan fingerprint density at radius 2 is 1.64 bits per heavy atom. The van der Waals surface area contributed by atoms with Gasteiger partial charge in [-0.15, -0.1) is 0 Å². The molecule has 1 aliphatic rings. The van der Waals surface area contributed by atoms with Crippen LogP contribution in [0, 0.1) is 0 Å². The van der Waals surface area contributed by atoms with Crippen LogP contribution in [0.5, 0.6) is 0 Å². The number of sulfone groups is 1. The molecule has 0 bridgehead atoms. The molecule has 0 saturated carbocycles. The van der Waals surface area contributed by atoms with Gasteiger partial charge in [0.2, 0.25) is 0 Å². The Morgan fingerprint density at radius 1 is 1.21 bits per heavy atom. The highest BCUT2D eigenvalue weighted by Crippen LogP contribution is 2.29. The molecule has 1 rings (SSSR count). The summed E-state index contributed by atoms with van der Waals surface area (Å²) >= 11 is 0. The lowest BCUT2D eigenvalue weighted by Crippen LogP contribution is -2.54. The van der Waals surface area contributed by atoms with Crippen molar-refractivity contribution in [2.75, 3.05) is 25.6 Å². The number of Topliss-reactive ketones (excluding diaryl/α,β-unsaturated/α-hetero) is 1. The van der Waals surface area contributed by atoms with Crippen molar-refractivity contribution in [2.24, 2.45) is 0 Å². The maximum Gasteiger partial charge on any atom is 0.150 e. The zero-order valence-electron chi connectivity index (χ0n) is 8.91. The fourth-order valence-corrected chi connectivity index (χ4v) is 3.49. The molecule has 14 heavy (non-hydrogen) atoms. The summed E-state index contributed by atoms with van der Waals surface area (Å²) in [5, 5.41) is 0. The van der Waals surface area contributed by atoms with Gasteiger partial charge in [0.15, 0.2) is 0 Å². The highest BCUT2D eigenvalue weighted by molar-refractivity contribution is 7.91. The SMILES string of the molecule is CC(=O)C1(N(C)C)CCS(=O)(=O)CC1. The number of carbonyl (C=O) groups is 1. The van der Waals surface area contributed by atoms with E-state index in [0.29, 0.717) is 12.8 Å². The summed E-state index contributed by atoms with van der Waals surface area (Å²) in [6, 6.07) is 0. The Morgan fingerprint density at radius 3 is 1.93 bits per heavy atom. The van der Waals surface area contributed by atoms with Crippen molar-refractivity contribution in [1.82, 2.24) is 4.90 Å². The van der Waals surface area contributed by atoms with Gasteiger partial charge in [0.25, 0.3) is 0 Å². The zero-order valence-corrected chi connectivity index (χ0v) is 9.73. The molecule has 0 aromatic heterocycles. The van der Waals surface area contributed by atoms with Crippen LogP contribution in [-0.4, -0.2) is 50.2 Å². The van der Waals surface area contributed by atoms with E-state index in [4.69, 9.17) is 0 Å². The minimum absolute atomic E-state index is 0.0670. The van der Waals surface area contributed by atoms with Gasteiger partial charge in [-0.25, -0.2) is 8.42 Å². The lowest BCUT2D eigenvalue weighted by Gasteiger charge is -2.40. The van der Waals surface area contributed by atoms with Crippen molar-refractivity contribution in [3.63, 3.8) is 0 Å². The maximum atomic E-state index is 11.5. The van der Waals surface area contributed by atoms with Crippen molar-refractivity contribution in [1.29, 1.82) is 0 Å². The molecule has 1 fully saturated rings. The van der Waals surface area contributed by atoms with E-state index in [1.165, 1.54) is 6.92 Å². The minimum atomic E-state index is -2.90. The summed E-state index contributed by atoms with van der Waals surface area (Å²) in [6.07, 6.45) is 0.856. The molecular formula is C9H17NO3S. The van der Waals surface area contributed by atoms with Crippen molar-refractivity contribution < 1.29 is 13.2 Å². The van der Waals surface area contributed by atoms with Gasteiger partial charge in [0.05, 0.1) is 17.0 Å². The van der Waals surface area contributed by atoms with Crippen LogP contribution in [-0.2, 0) is 14.6 Å². The van der Waals surface area contributed by atoms with E-state index in [1.807, 2.05) is 19.0 Å². The molecule has 0 amide bonds. The molecule has 0 aromatic rings. The van der Waals surface area contributed by atoms with E-state index in [2.05, 4.69) is 0 Å². The number of rotatable bonds is 2. The van der Waals surface area contributed by atoms with E-state index in [0.717, 1.165) is 0 Å². The van der Waals surface area contributed by atoms with Gasteiger partial charge in [0.1, 0.15) is 15.6 Å². The third-order valence-corrected chi connectivity index (χ3v) is 4.82. The lowest BCUT2D eigenvalue weighted by atomic mass is 9.87. The molecule has 4 nitrogen and oxygen atoms in total. The predicted molar refractivity (Wildman–Crippen MR) is 55.0 cm³/mol.